The Kier molecular flexibility index (Phi) is 5.56. The Morgan fingerprint density at radius 1 is 1.47 bits per heavy atom. The highest BCUT2D eigenvalue weighted by molar-refractivity contribution is 5.87. The topological polar surface area (TPSA) is 93.1 Å². The van der Waals surface area contributed by atoms with Gasteiger partial charge < -0.3 is 20.4 Å². The van der Waals surface area contributed by atoms with Gasteiger partial charge in [0.2, 0.25) is 6.23 Å². The fourth-order valence-electron chi connectivity index (χ4n) is 2.15. The van der Waals surface area contributed by atoms with Crippen LogP contribution in [-0.4, -0.2) is 70.0 Å². The molecule has 3 amide bonds. The molecular weight excluding hydrogens is 250 g/mol. The Labute approximate surface area is 113 Å². The Morgan fingerprint density at radius 3 is 2.63 bits per heavy atom. The Bertz CT molecular complexity index is 335. The van der Waals surface area contributed by atoms with Crippen LogP contribution in [0.3, 0.4) is 0 Å². The van der Waals surface area contributed by atoms with Gasteiger partial charge in [-0.25, -0.2) is 4.79 Å². The van der Waals surface area contributed by atoms with Gasteiger partial charge in [0, 0.05) is 25.7 Å². The van der Waals surface area contributed by atoms with Crippen LogP contribution in [0.4, 0.5) is 4.79 Å². The molecule has 3 atom stereocenters. The molecule has 1 heterocycles. The maximum atomic E-state index is 11.9. The van der Waals surface area contributed by atoms with E-state index < -0.39 is 24.3 Å². The van der Waals surface area contributed by atoms with Crippen molar-refractivity contribution in [2.75, 3.05) is 19.6 Å². The normalized spacial score (nSPS) is 23.2. The molecule has 0 aromatic carbocycles. The van der Waals surface area contributed by atoms with E-state index in [-0.39, 0.29) is 6.04 Å². The predicted molar refractivity (Wildman–Crippen MR) is 69.3 cm³/mol. The molecule has 0 aliphatic carbocycles. The van der Waals surface area contributed by atoms with Gasteiger partial charge in [0.25, 0.3) is 5.91 Å². The second-order valence-corrected chi connectivity index (χ2v) is 4.92. The fraction of sp³-hybridized carbons (Fsp3) is 0.833. The van der Waals surface area contributed by atoms with Crippen LogP contribution in [0.15, 0.2) is 0 Å². The lowest BCUT2D eigenvalue weighted by molar-refractivity contribution is -0.153. The lowest BCUT2D eigenvalue weighted by Gasteiger charge is -2.37. The van der Waals surface area contributed by atoms with Gasteiger partial charge in [0.15, 0.2) is 0 Å². The minimum atomic E-state index is -1.42. The number of likely N-dealkylation sites (N-methyl/N-ethyl adjacent to an activating group) is 1. The highest BCUT2D eigenvalue weighted by Gasteiger charge is 2.35. The second kappa shape index (κ2) is 6.72. The number of nitrogens with one attached hydrogen (secondary N) is 1. The van der Waals surface area contributed by atoms with Gasteiger partial charge in [-0.3, -0.25) is 9.69 Å². The molecule has 7 heteroatoms. The van der Waals surface area contributed by atoms with Crippen molar-refractivity contribution in [2.24, 2.45) is 0 Å². The third kappa shape index (κ3) is 4.07. The summed E-state index contributed by atoms with van der Waals surface area (Å²) < 4.78 is 0. The number of piperazine rings is 1. The number of urea groups is 1. The van der Waals surface area contributed by atoms with Crippen LogP contribution >= 0.6 is 0 Å². The quantitative estimate of drug-likeness (QED) is 0.634. The Hall–Kier alpha value is -1.34. The largest absolute Gasteiger partial charge is 0.393 e. The highest BCUT2D eigenvalue weighted by atomic mass is 16.3. The smallest absolute Gasteiger partial charge is 0.320 e. The summed E-state index contributed by atoms with van der Waals surface area (Å²) in [6, 6.07) is -0.705. The van der Waals surface area contributed by atoms with Crippen molar-refractivity contribution < 1.29 is 19.8 Å². The number of aliphatic hydroxyl groups is 2. The zero-order valence-electron chi connectivity index (χ0n) is 11.7. The minimum Gasteiger partial charge on any atom is -0.393 e. The van der Waals surface area contributed by atoms with Crippen molar-refractivity contribution >= 4 is 11.9 Å². The van der Waals surface area contributed by atoms with E-state index in [2.05, 4.69) is 5.32 Å². The number of amides is 3. The molecule has 0 spiro atoms. The summed E-state index contributed by atoms with van der Waals surface area (Å²) in [6.45, 7) is 6.47. The number of carbonyl (C=O) groups excluding carboxylic acids is 2. The first-order chi connectivity index (χ1) is 8.86. The Morgan fingerprint density at radius 2 is 2.11 bits per heavy atom. The monoisotopic (exact) mass is 273 g/mol. The summed E-state index contributed by atoms with van der Waals surface area (Å²) in [5.41, 5.74) is 0. The van der Waals surface area contributed by atoms with E-state index in [0.29, 0.717) is 26.1 Å². The summed E-state index contributed by atoms with van der Waals surface area (Å²) in [5, 5.41) is 21.7. The molecule has 0 aromatic heterocycles. The molecule has 0 aromatic rings. The van der Waals surface area contributed by atoms with Crippen LogP contribution in [0.1, 0.15) is 27.2 Å². The fourth-order valence-corrected chi connectivity index (χ4v) is 2.15. The van der Waals surface area contributed by atoms with Crippen molar-refractivity contribution in [2.45, 2.75) is 45.6 Å². The summed E-state index contributed by atoms with van der Waals surface area (Å²) >= 11 is 0. The van der Waals surface area contributed by atoms with E-state index in [0.717, 1.165) is 4.90 Å². The zero-order valence-corrected chi connectivity index (χ0v) is 11.7. The van der Waals surface area contributed by atoms with Gasteiger partial charge >= 0.3 is 6.03 Å². The number of rotatable bonds is 4. The van der Waals surface area contributed by atoms with Gasteiger partial charge in [0.1, 0.15) is 0 Å². The molecule has 1 saturated heterocycles. The van der Waals surface area contributed by atoms with E-state index in [1.165, 1.54) is 4.90 Å². The molecular formula is C12H23N3O4. The molecule has 0 radical (unpaired) electrons. The third-order valence-corrected chi connectivity index (χ3v) is 3.15. The maximum Gasteiger partial charge on any atom is 0.320 e. The number of aliphatic hydroxyl groups excluding tert-OH is 2. The lowest BCUT2D eigenvalue weighted by Crippen LogP contribution is -2.61. The molecule has 19 heavy (non-hydrogen) atoms. The standard InChI is InChI=1S/C12H23N3O4/c1-4-14-5-6-15(11(18)10(14)17)12(19)13-8(2)7-9(3)16/h8-9,11,16,18H,4-7H2,1-3H3,(H,13,19). The van der Waals surface area contributed by atoms with Crippen LogP contribution in [0.25, 0.3) is 0 Å². The first kappa shape index (κ1) is 15.7. The van der Waals surface area contributed by atoms with E-state index in [4.69, 9.17) is 0 Å². The van der Waals surface area contributed by atoms with Crippen molar-refractivity contribution in [1.82, 2.24) is 15.1 Å². The van der Waals surface area contributed by atoms with E-state index in [1.807, 2.05) is 6.92 Å². The third-order valence-electron chi connectivity index (χ3n) is 3.15. The molecule has 0 bridgehead atoms. The van der Waals surface area contributed by atoms with Gasteiger partial charge in [-0.1, -0.05) is 0 Å². The molecule has 7 nitrogen and oxygen atoms in total. The van der Waals surface area contributed by atoms with Crippen LogP contribution < -0.4 is 5.32 Å². The predicted octanol–water partition coefficient (Wildman–Crippen LogP) is -0.662. The molecule has 0 saturated carbocycles. The van der Waals surface area contributed by atoms with Crippen molar-refractivity contribution in [3.05, 3.63) is 0 Å². The number of hydrogen-bond acceptors (Lipinski definition) is 4. The number of nitrogens with zero attached hydrogens (tertiary/aromatic N) is 2. The highest BCUT2D eigenvalue weighted by Crippen LogP contribution is 2.10. The molecule has 3 N–H and O–H groups in total. The van der Waals surface area contributed by atoms with Crippen LogP contribution in [0.5, 0.6) is 0 Å². The van der Waals surface area contributed by atoms with E-state index in [1.54, 1.807) is 13.8 Å². The summed E-state index contributed by atoms with van der Waals surface area (Å²) in [7, 11) is 0. The lowest BCUT2D eigenvalue weighted by atomic mass is 10.1. The molecule has 110 valence electrons. The van der Waals surface area contributed by atoms with Crippen LogP contribution in [0, 0.1) is 0 Å². The van der Waals surface area contributed by atoms with Crippen molar-refractivity contribution in [1.29, 1.82) is 0 Å². The molecule has 3 unspecified atom stereocenters. The molecule has 1 aliphatic rings. The molecule has 1 rings (SSSR count). The summed E-state index contributed by atoms with van der Waals surface area (Å²) in [5.74, 6) is -0.452. The van der Waals surface area contributed by atoms with Gasteiger partial charge in [-0.15, -0.1) is 0 Å². The maximum absolute atomic E-state index is 11.9. The second-order valence-electron chi connectivity index (χ2n) is 4.92. The number of carbonyl (C=O) groups is 2. The van der Waals surface area contributed by atoms with Crippen molar-refractivity contribution in [3.63, 3.8) is 0 Å². The van der Waals surface area contributed by atoms with Gasteiger partial charge in [-0.2, -0.15) is 0 Å². The summed E-state index contributed by atoms with van der Waals surface area (Å²) in [6.07, 6.45) is -1.52. The summed E-state index contributed by atoms with van der Waals surface area (Å²) in [4.78, 5) is 26.3. The average molecular weight is 273 g/mol. The van der Waals surface area contributed by atoms with E-state index in [9.17, 15) is 19.8 Å². The first-order valence-electron chi connectivity index (χ1n) is 6.58. The molecule has 1 fully saturated rings. The SMILES string of the molecule is CCN1CCN(C(=O)NC(C)CC(C)O)C(O)C1=O. The van der Waals surface area contributed by atoms with Crippen LogP contribution in [-0.2, 0) is 4.79 Å². The minimum absolute atomic E-state index is 0.223. The zero-order chi connectivity index (χ0) is 14.6. The molecule has 1 aliphatic heterocycles. The van der Waals surface area contributed by atoms with Crippen molar-refractivity contribution in [3.8, 4) is 0 Å². The van der Waals surface area contributed by atoms with E-state index >= 15 is 0 Å². The van der Waals surface area contributed by atoms with Gasteiger partial charge in [0.05, 0.1) is 6.10 Å². The number of hydrogen-bond donors (Lipinski definition) is 3. The first-order valence-corrected chi connectivity index (χ1v) is 6.58. The Balaban J connectivity index is 2.56. The average Bonchev–Trinajstić information content (AvgIpc) is 2.31. The van der Waals surface area contributed by atoms with Crippen LogP contribution in [0.2, 0.25) is 0 Å². The van der Waals surface area contributed by atoms with Gasteiger partial charge in [-0.05, 0) is 27.2 Å².